The van der Waals surface area contributed by atoms with E-state index in [0.29, 0.717) is 27.3 Å². The number of benzene rings is 2. The monoisotopic (exact) mass is 460 g/mol. The molecule has 3 aromatic rings. The number of amides is 1. The van der Waals surface area contributed by atoms with Gasteiger partial charge in [0.2, 0.25) is 5.91 Å². The molecule has 29 heavy (non-hydrogen) atoms. The van der Waals surface area contributed by atoms with Crippen LogP contribution in [0.4, 0.5) is 13.2 Å². The van der Waals surface area contributed by atoms with E-state index in [2.05, 4.69) is 10.2 Å². The van der Waals surface area contributed by atoms with Gasteiger partial charge in [0.15, 0.2) is 11.0 Å². The Bertz CT molecular complexity index is 1060. The van der Waals surface area contributed by atoms with Crippen LogP contribution >= 0.6 is 35.0 Å². The normalized spacial score (nSPS) is 11.6. The number of primary amides is 1. The zero-order valence-electron chi connectivity index (χ0n) is 14.6. The molecule has 1 heterocycles. The van der Waals surface area contributed by atoms with Crippen LogP contribution in [-0.4, -0.2) is 26.4 Å². The van der Waals surface area contributed by atoms with Crippen LogP contribution in [0.2, 0.25) is 10.0 Å². The molecule has 0 fully saturated rings. The van der Waals surface area contributed by atoms with Gasteiger partial charge in [-0.1, -0.05) is 47.1 Å². The van der Waals surface area contributed by atoms with Crippen LogP contribution in [0.15, 0.2) is 47.6 Å². The number of thioether (sulfide) groups is 1. The second kappa shape index (κ2) is 8.64. The first-order chi connectivity index (χ1) is 13.7. The van der Waals surface area contributed by atoms with Crippen molar-refractivity contribution in [3.8, 4) is 17.1 Å². The number of carbonyl (C=O) groups is 1. The lowest BCUT2D eigenvalue weighted by Gasteiger charge is -2.14. The molecule has 5 nitrogen and oxygen atoms in total. The highest BCUT2D eigenvalue weighted by molar-refractivity contribution is 7.99. The van der Waals surface area contributed by atoms with E-state index in [9.17, 15) is 18.0 Å². The summed E-state index contributed by atoms with van der Waals surface area (Å²) < 4.78 is 41.5. The summed E-state index contributed by atoms with van der Waals surface area (Å²) in [6.07, 6.45) is -4.55. The molecule has 0 atom stereocenters. The SMILES string of the molecule is NC(=O)CCSc1nnc(-c2cccc(Cl)c2)n1-c1ccc(Cl)c(C(F)(F)F)c1. The number of hydrogen-bond donors (Lipinski definition) is 1. The Hall–Kier alpha value is -2.23. The minimum absolute atomic E-state index is 0.0818. The van der Waals surface area contributed by atoms with E-state index in [0.717, 1.165) is 17.8 Å². The van der Waals surface area contributed by atoms with E-state index < -0.39 is 22.7 Å². The van der Waals surface area contributed by atoms with Crippen LogP contribution in [0.25, 0.3) is 17.1 Å². The van der Waals surface area contributed by atoms with Crippen molar-refractivity contribution in [3.63, 3.8) is 0 Å². The summed E-state index contributed by atoms with van der Waals surface area (Å²) >= 11 is 12.9. The molecule has 11 heteroatoms. The summed E-state index contributed by atoms with van der Waals surface area (Å²) in [7, 11) is 0. The Morgan fingerprint density at radius 1 is 1.14 bits per heavy atom. The van der Waals surface area contributed by atoms with Gasteiger partial charge in [0.1, 0.15) is 0 Å². The Balaban J connectivity index is 2.14. The number of carbonyl (C=O) groups excluding carboxylic acids is 1. The van der Waals surface area contributed by atoms with Gasteiger partial charge in [-0.05, 0) is 30.3 Å². The molecule has 1 aromatic heterocycles. The molecule has 0 aliphatic rings. The molecular weight excluding hydrogens is 448 g/mol. The number of alkyl halides is 3. The van der Waals surface area contributed by atoms with Crippen molar-refractivity contribution < 1.29 is 18.0 Å². The third-order valence-electron chi connectivity index (χ3n) is 3.81. The maximum Gasteiger partial charge on any atom is 0.417 e. The molecule has 3 rings (SSSR count). The van der Waals surface area contributed by atoms with Crippen molar-refractivity contribution in [1.82, 2.24) is 14.8 Å². The van der Waals surface area contributed by atoms with Crippen molar-refractivity contribution in [3.05, 3.63) is 58.1 Å². The first kappa shape index (κ1) is 21.5. The summed E-state index contributed by atoms with van der Waals surface area (Å²) in [5, 5.41) is 8.52. The molecule has 0 saturated carbocycles. The molecule has 0 unspecified atom stereocenters. The molecule has 0 aliphatic heterocycles. The summed E-state index contributed by atoms with van der Waals surface area (Å²) in [4.78, 5) is 11.0. The van der Waals surface area contributed by atoms with Gasteiger partial charge in [-0.3, -0.25) is 9.36 Å². The smallest absolute Gasteiger partial charge is 0.370 e. The van der Waals surface area contributed by atoms with E-state index in [-0.39, 0.29) is 12.1 Å². The van der Waals surface area contributed by atoms with E-state index in [4.69, 9.17) is 28.9 Å². The van der Waals surface area contributed by atoms with Crippen molar-refractivity contribution in [2.45, 2.75) is 17.8 Å². The highest BCUT2D eigenvalue weighted by Crippen LogP contribution is 2.37. The Labute approximate surface area is 178 Å². The van der Waals surface area contributed by atoms with E-state index in [1.165, 1.54) is 16.7 Å². The molecule has 2 aromatic carbocycles. The van der Waals surface area contributed by atoms with Gasteiger partial charge >= 0.3 is 6.18 Å². The first-order valence-electron chi connectivity index (χ1n) is 8.16. The van der Waals surface area contributed by atoms with Crippen LogP contribution in [0.3, 0.4) is 0 Å². The van der Waals surface area contributed by atoms with Crippen molar-refractivity contribution in [2.24, 2.45) is 5.73 Å². The van der Waals surface area contributed by atoms with Gasteiger partial charge in [-0.2, -0.15) is 13.2 Å². The number of hydrogen-bond acceptors (Lipinski definition) is 4. The molecule has 0 aliphatic carbocycles. The first-order valence-corrected chi connectivity index (χ1v) is 9.90. The van der Waals surface area contributed by atoms with E-state index in [1.807, 2.05) is 0 Å². The third kappa shape index (κ3) is 5.04. The van der Waals surface area contributed by atoms with Crippen molar-refractivity contribution >= 4 is 40.9 Å². The molecule has 0 saturated heterocycles. The van der Waals surface area contributed by atoms with Gasteiger partial charge in [0, 0.05) is 22.8 Å². The average molecular weight is 461 g/mol. The number of halogens is 5. The number of nitrogens with zero attached hydrogens (tertiary/aromatic N) is 3. The second-order valence-electron chi connectivity index (χ2n) is 5.88. The van der Waals surface area contributed by atoms with Crippen LogP contribution in [0, 0.1) is 0 Å². The molecule has 152 valence electrons. The maximum absolute atomic E-state index is 13.3. The van der Waals surface area contributed by atoms with Gasteiger partial charge in [-0.15, -0.1) is 10.2 Å². The maximum atomic E-state index is 13.3. The van der Waals surface area contributed by atoms with Crippen molar-refractivity contribution in [2.75, 3.05) is 5.75 Å². The minimum Gasteiger partial charge on any atom is -0.370 e. The molecule has 1 amide bonds. The topological polar surface area (TPSA) is 73.8 Å². The fourth-order valence-electron chi connectivity index (χ4n) is 2.52. The number of nitrogens with two attached hydrogens (primary N) is 1. The zero-order chi connectivity index (χ0) is 21.2. The summed E-state index contributed by atoms with van der Waals surface area (Å²) in [5.74, 6) is 0.0944. The fourth-order valence-corrected chi connectivity index (χ4v) is 3.84. The van der Waals surface area contributed by atoms with Crippen molar-refractivity contribution in [1.29, 1.82) is 0 Å². The molecule has 0 bridgehead atoms. The standard InChI is InChI=1S/C18H13Cl2F3N4OS/c19-11-3-1-2-10(8-11)16-25-26-17(29-7-6-15(24)28)27(16)12-4-5-14(20)13(9-12)18(21,22)23/h1-5,8-9H,6-7H2,(H2,24,28). The summed E-state index contributed by atoms with van der Waals surface area (Å²) in [6.45, 7) is 0. The van der Waals surface area contributed by atoms with Crippen LogP contribution in [0.1, 0.15) is 12.0 Å². The Kier molecular flexibility index (Phi) is 6.40. The van der Waals surface area contributed by atoms with E-state index in [1.54, 1.807) is 24.3 Å². The van der Waals surface area contributed by atoms with Crippen LogP contribution in [-0.2, 0) is 11.0 Å². The van der Waals surface area contributed by atoms with Gasteiger partial charge in [0.05, 0.1) is 16.3 Å². The Morgan fingerprint density at radius 3 is 2.55 bits per heavy atom. The zero-order valence-corrected chi connectivity index (χ0v) is 16.9. The molecule has 0 spiro atoms. The molecular formula is C18H13Cl2F3N4OS. The Morgan fingerprint density at radius 2 is 1.90 bits per heavy atom. The lowest BCUT2D eigenvalue weighted by atomic mass is 10.1. The highest BCUT2D eigenvalue weighted by atomic mass is 35.5. The predicted molar refractivity (Wildman–Crippen MR) is 106 cm³/mol. The summed E-state index contributed by atoms with van der Waals surface area (Å²) in [5.41, 5.74) is 4.91. The van der Waals surface area contributed by atoms with Gasteiger partial charge < -0.3 is 5.73 Å². The summed E-state index contributed by atoms with van der Waals surface area (Å²) in [6, 6.07) is 10.2. The van der Waals surface area contributed by atoms with E-state index >= 15 is 0 Å². The average Bonchev–Trinajstić information content (AvgIpc) is 3.05. The van der Waals surface area contributed by atoms with Gasteiger partial charge in [-0.25, -0.2) is 0 Å². The van der Waals surface area contributed by atoms with Crippen LogP contribution in [0.5, 0.6) is 0 Å². The second-order valence-corrected chi connectivity index (χ2v) is 7.78. The lowest BCUT2D eigenvalue weighted by Crippen LogP contribution is -2.11. The third-order valence-corrected chi connectivity index (χ3v) is 5.30. The van der Waals surface area contributed by atoms with Crippen LogP contribution < -0.4 is 5.73 Å². The lowest BCUT2D eigenvalue weighted by molar-refractivity contribution is -0.137. The highest BCUT2D eigenvalue weighted by Gasteiger charge is 2.34. The molecule has 2 N–H and O–H groups in total. The fraction of sp³-hybridized carbons (Fsp3) is 0.167. The largest absolute Gasteiger partial charge is 0.417 e. The number of rotatable bonds is 6. The quantitative estimate of drug-likeness (QED) is 0.511. The predicted octanol–water partition coefficient (Wildman–Crippen LogP) is 5.23. The number of aromatic nitrogens is 3. The molecule has 0 radical (unpaired) electrons. The minimum atomic E-state index is -4.63. The van der Waals surface area contributed by atoms with Gasteiger partial charge in [0.25, 0.3) is 0 Å².